The minimum absolute atomic E-state index is 0.0449. The highest BCUT2D eigenvalue weighted by molar-refractivity contribution is 5.85. The van der Waals surface area contributed by atoms with Crippen molar-refractivity contribution in [3.63, 3.8) is 0 Å². The van der Waals surface area contributed by atoms with Crippen molar-refractivity contribution in [2.75, 3.05) is 33.4 Å². The number of H-pyrrole nitrogens is 1. The van der Waals surface area contributed by atoms with Gasteiger partial charge in [-0.1, -0.05) is 101 Å². The Labute approximate surface area is 279 Å². The lowest BCUT2D eigenvalue weighted by atomic mass is 10.1. The third-order valence-corrected chi connectivity index (χ3v) is 8.78. The van der Waals surface area contributed by atoms with E-state index in [1.165, 1.54) is 63.5 Å². The van der Waals surface area contributed by atoms with Crippen molar-refractivity contribution in [2.24, 2.45) is 0 Å². The quantitative estimate of drug-likeness (QED) is 0.103. The number of aromatic nitrogens is 1. The summed E-state index contributed by atoms with van der Waals surface area (Å²) in [5.41, 5.74) is 1.93. The molecule has 0 fully saturated rings. The molecular weight excluding hydrogens is 603 g/mol. The molecule has 0 aliphatic rings. The van der Waals surface area contributed by atoms with E-state index in [2.05, 4.69) is 11.9 Å². The van der Waals surface area contributed by atoms with E-state index in [0.29, 0.717) is 44.5 Å². The number of ether oxygens (including phenoxy) is 1. The average Bonchev–Trinajstić information content (AvgIpc) is 3.47. The maximum absolute atomic E-state index is 13.8. The fourth-order valence-electron chi connectivity index (χ4n) is 5.96. The smallest absolute Gasteiger partial charge is 0.385 e. The van der Waals surface area contributed by atoms with Crippen LogP contribution in [0.4, 0.5) is 13.2 Å². The van der Waals surface area contributed by atoms with Crippen LogP contribution < -0.4 is 0 Å². The molecule has 0 radical (unpaired) electrons. The van der Waals surface area contributed by atoms with Crippen LogP contribution in [0.25, 0.3) is 10.9 Å². The number of benzene rings is 2. The second-order valence-electron chi connectivity index (χ2n) is 12.6. The van der Waals surface area contributed by atoms with E-state index in [0.717, 1.165) is 47.9 Å². The summed E-state index contributed by atoms with van der Waals surface area (Å²) in [6.07, 6.45) is 12.2. The van der Waals surface area contributed by atoms with Gasteiger partial charge in [-0.25, -0.2) is 0 Å². The van der Waals surface area contributed by atoms with Gasteiger partial charge in [0.2, 0.25) is 11.8 Å². The summed E-state index contributed by atoms with van der Waals surface area (Å²) >= 11 is 0. The summed E-state index contributed by atoms with van der Waals surface area (Å²) in [6.45, 7) is 3.56. The van der Waals surface area contributed by atoms with E-state index in [9.17, 15) is 22.8 Å². The number of halogens is 3. The Kier molecular flexibility index (Phi) is 16.9. The first-order valence-electron chi connectivity index (χ1n) is 17.5. The topological polar surface area (TPSA) is 65.6 Å². The zero-order valence-electron chi connectivity index (χ0n) is 28.4. The number of fused-ring (bicyclic) bond motifs is 1. The van der Waals surface area contributed by atoms with Gasteiger partial charge in [-0.2, -0.15) is 13.2 Å². The molecule has 0 saturated heterocycles. The molecule has 1 heterocycles. The molecule has 0 aliphatic heterocycles. The lowest BCUT2D eigenvalue weighted by molar-refractivity contribution is -0.141. The van der Waals surface area contributed by atoms with Crippen LogP contribution in [0.5, 0.6) is 0 Å². The predicted molar refractivity (Wildman–Crippen MR) is 183 cm³/mol. The number of amides is 2. The third kappa shape index (κ3) is 13.7. The van der Waals surface area contributed by atoms with Crippen molar-refractivity contribution in [2.45, 2.75) is 110 Å². The van der Waals surface area contributed by atoms with Crippen LogP contribution in [0.2, 0.25) is 0 Å². The summed E-state index contributed by atoms with van der Waals surface area (Å²) < 4.78 is 44.7. The lowest BCUT2D eigenvalue weighted by Crippen LogP contribution is -2.44. The molecule has 1 aromatic heterocycles. The molecule has 3 rings (SSSR count). The number of hydrogen-bond acceptors (Lipinski definition) is 3. The molecule has 0 atom stereocenters. The highest BCUT2D eigenvalue weighted by Gasteiger charge is 2.30. The standard InChI is InChI=1S/C38H54F3N3O3/c1-3-4-5-6-7-8-9-10-11-12-13-19-36(45)43(25-16-27-47-2)30-37(46)44(29-31-20-22-33(23-21-31)38(39,40)41)26-24-32-28-42-35-18-15-14-17-34(32)35/h14-15,17-18,20-23,28,42H,3-13,16,19,24-27,29-30H2,1-2H3. The zero-order valence-corrected chi connectivity index (χ0v) is 28.4. The molecule has 0 spiro atoms. The Morgan fingerprint density at radius 2 is 1.40 bits per heavy atom. The van der Waals surface area contributed by atoms with Gasteiger partial charge in [0.1, 0.15) is 0 Å². The van der Waals surface area contributed by atoms with Crippen molar-refractivity contribution < 1.29 is 27.5 Å². The van der Waals surface area contributed by atoms with Crippen molar-refractivity contribution in [3.05, 3.63) is 71.4 Å². The van der Waals surface area contributed by atoms with Gasteiger partial charge in [-0.15, -0.1) is 0 Å². The van der Waals surface area contributed by atoms with Crippen LogP contribution in [0, 0.1) is 0 Å². The summed E-state index contributed by atoms with van der Waals surface area (Å²) in [6, 6.07) is 12.9. The monoisotopic (exact) mass is 657 g/mol. The fourth-order valence-corrected chi connectivity index (χ4v) is 5.96. The molecule has 0 bridgehead atoms. The van der Waals surface area contributed by atoms with E-state index < -0.39 is 11.7 Å². The summed E-state index contributed by atoms with van der Waals surface area (Å²) in [5, 5.41) is 1.07. The number of alkyl halides is 3. The molecule has 2 amide bonds. The van der Waals surface area contributed by atoms with Crippen molar-refractivity contribution in [1.29, 1.82) is 0 Å². The minimum Gasteiger partial charge on any atom is -0.385 e. The lowest BCUT2D eigenvalue weighted by Gasteiger charge is -2.28. The van der Waals surface area contributed by atoms with Gasteiger partial charge in [0.15, 0.2) is 0 Å². The van der Waals surface area contributed by atoms with Crippen molar-refractivity contribution >= 4 is 22.7 Å². The van der Waals surface area contributed by atoms with E-state index in [1.807, 2.05) is 30.5 Å². The Hall–Kier alpha value is -3.33. The Morgan fingerprint density at radius 3 is 2.04 bits per heavy atom. The molecule has 47 heavy (non-hydrogen) atoms. The van der Waals surface area contributed by atoms with Crippen LogP contribution in [-0.2, 0) is 33.5 Å². The van der Waals surface area contributed by atoms with E-state index in [1.54, 1.807) is 16.9 Å². The number of methoxy groups -OCH3 is 1. The Balaban J connectivity index is 1.60. The second kappa shape index (κ2) is 20.8. The van der Waals surface area contributed by atoms with Crippen LogP contribution in [0.1, 0.15) is 107 Å². The second-order valence-corrected chi connectivity index (χ2v) is 12.6. The number of hydrogen-bond donors (Lipinski definition) is 1. The molecule has 2 aromatic carbocycles. The van der Waals surface area contributed by atoms with E-state index in [-0.39, 0.29) is 24.9 Å². The van der Waals surface area contributed by atoms with E-state index in [4.69, 9.17) is 4.74 Å². The maximum Gasteiger partial charge on any atom is 0.416 e. The largest absolute Gasteiger partial charge is 0.416 e. The highest BCUT2D eigenvalue weighted by atomic mass is 19.4. The van der Waals surface area contributed by atoms with Gasteiger partial charge >= 0.3 is 6.18 Å². The first kappa shape index (κ1) is 38.1. The van der Waals surface area contributed by atoms with Crippen LogP contribution in [0.3, 0.4) is 0 Å². The summed E-state index contributed by atoms with van der Waals surface area (Å²) in [4.78, 5) is 33.7. The normalized spacial score (nSPS) is 11.7. The summed E-state index contributed by atoms with van der Waals surface area (Å²) in [5.74, 6) is -0.272. The molecule has 6 nitrogen and oxygen atoms in total. The molecule has 260 valence electrons. The van der Waals surface area contributed by atoms with Crippen molar-refractivity contribution in [3.8, 4) is 0 Å². The molecule has 0 aliphatic carbocycles. The number of rotatable bonds is 23. The van der Waals surface area contributed by atoms with Gasteiger partial charge in [0.05, 0.1) is 12.1 Å². The highest BCUT2D eigenvalue weighted by Crippen LogP contribution is 2.29. The maximum atomic E-state index is 13.8. The SMILES string of the molecule is CCCCCCCCCCCCCC(=O)N(CCCOC)CC(=O)N(CCc1c[nH]c2ccccc12)Cc1ccc(C(F)(F)F)cc1. The van der Waals surface area contributed by atoms with Gasteiger partial charge in [-0.05, 0) is 48.6 Å². The number of unbranched alkanes of at least 4 members (excludes halogenated alkanes) is 10. The first-order chi connectivity index (χ1) is 22.7. The van der Waals surface area contributed by atoms with Gasteiger partial charge < -0.3 is 19.5 Å². The average molecular weight is 658 g/mol. The van der Waals surface area contributed by atoms with Gasteiger partial charge in [-0.3, -0.25) is 9.59 Å². The van der Waals surface area contributed by atoms with Crippen LogP contribution in [-0.4, -0.2) is 59.9 Å². The molecule has 0 unspecified atom stereocenters. The molecular formula is C38H54F3N3O3. The first-order valence-corrected chi connectivity index (χ1v) is 17.5. The molecule has 1 N–H and O–H groups in total. The molecule has 3 aromatic rings. The zero-order chi connectivity index (χ0) is 33.9. The number of nitrogens with zero attached hydrogens (tertiary/aromatic N) is 2. The summed E-state index contributed by atoms with van der Waals surface area (Å²) in [7, 11) is 1.61. The third-order valence-electron chi connectivity index (χ3n) is 8.78. The van der Waals surface area contributed by atoms with Crippen LogP contribution in [0.15, 0.2) is 54.7 Å². The number of nitrogens with one attached hydrogen (secondary N) is 1. The number of carbonyl (C=O) groups is 2. The van der Waals surface area contributed by atoms with Crippen LogP contribution >= 0.6 is 0 Å². The Bertz CT molecular complexity index is 1320. The van der Waals surface area contributed by atoms with Gasteiger partial charge in [0, 0.05) is 56.9 Å². The fraction of sp³-hybridized carbons (Fsp3) is 0.579. The number of para-hydroxylation sites is 1. The predicted octanol–water partition coefficient (Wildman–Crippen LogP) is 9.32. The van der Waals surface area contributed by atoms with Crippen molar-refractivity contribution in [1.82, 2.24) is 14.8 Å². The van der Waals surface area contributed by atoms with E-state index >= 15 is 0 Å². The molecule has 9 heteroatoms. The van der Waals surface area contributed by atoms with Gasteiger partial charge in [0.25, 0.3) is 0 Å². The minimum atomic E-state index is -4.43. The molecule has 0 saturated carbocycles. The number of carbonyl (C=O) groups excluding carboxylic acids is 2. The number of aromatic amines is 1. The Morgan fingerprint density at radius 1 is 0.766 bits per heavy atom.